The van der Waals surface area contributed by atoms with Gasteiger partial charge in [0.2, 0.25) is 12.5 Å². The van der Waals surface area contributed by atoms with Gasteiger partial charge in [-0.1, -0.05) is 18.2 Å². The molecule has 5 heterocycles. The summed E-state index contributed by atoms with van der Waals surface area (Å²) in [4.78, 5) is 36.8. The van der Waals surface area contributed by atoms with E-state index in [1.54, 1.807) is 9.80 Å². The maximum absolute atomic E-state index is 14.0. The zero-order valence-electron chi connectivity index (χ0n) is 23.3. The zero-order chi connectivity index (χ0) is 30.0. The van der Waals surface area contributed by atoms with Gasteiger partial charge in [-0.05, 0) is 38.9 Å². The number of pyridine rings is 1. The van der Waals surface area contributed by atoms with Crippen molar-refractivity contribution >= 4 is 29.0 Å². The van der Waals surface area contributed by atoms with Crippen molar-refractivity contribution in [3.63, 3.8) is 0 Å². The van der Waals surface area contributed by atoms with E-state index in [0.29, 0.717) is 44.2 Å². The van der Waals surface area contributed by atoms with E-state index in [4.69, 9.17) is 27.9 Å². The molecule has 0 N–H and O–H groups in total. The zero-order valence-corrected chi connectivity index (χ0v) is 24.0. The first-order valence-corrected chi connectivity index (χ1v) is 14.2. The van der Waals surface area contributed by atoms with Crippen LogP contribution in [0.15, 0.2) is 25.0 Å². The molecule has 0 spiro atoms. The van der Waals surface area contributed by atoms with Gasteiger partial charge in [-0.15, -0.1) is 0 Å². The molecule has 2 aromatic rings. The maximum Gasteiger partial charge on any atom is 0.419 e. The number of hydrogen-bond donors (Lipinski definition) is 0. The molecule has 0 saturated carbocycles. The Balaban J connectivity index is 1.49. The van der Waals surface area contributed by atoms with Gasteiger partial charge in [-0.25, -0.2) is 6.57 Å². The SMILES string of the molecule is [C-]#[N+]C[C@H]1CN(c2nc(OC[C@@H]3CCCN3C)nc3c2CCN(c2cncc(Cl)c2C(F)(F)F)C3)CCN1C(=O)C=C. The van der Waals surface area contributed by atoms with E-state index in [0.717, 1.165) is 31.1 Å². The summed E-state index contributed by atoms with van der Waals surface area (Å²) in [5.41, 5.74) is 0.331. The summed E-state index contributed by atoms with van der Waals surface area (Å²) in [7, 11) is 2.04. The molecule has 2 atom stereocenters. The fourth-order valence-corrected chi connectivity index (χ4v) is 6.20. The van der Waals surface area contributed by atoms with E-state index in [2.05, 4.69) is 26.3 Å². The van der Waals surface area contributed by atoms with Gasteiger partial charge in [0.1, 0.15) is 24.0 Å². The molecule has 0 radical (unpaired) electrons. The smallest absolute Gasteiger partial charge is 0.419 e. The van der Waals surface area contributed by atoms with Gasteiger partial charge in [-0.3, -0.25) is 9.78 Å². The third kappa shape index (κ3) is 6.10. The number of carbonyl (C=O) groups excluding carboxylic acids is 1. The molecule has 2 saturated heterocycles. The first-order valence-electron chi connectivity index (χ1n) is 13.8. The van der Waals surface area contributed by atoms with Crippen LogP contribution in [0, 0.1) is 6.57 Å². The molecule has 2 aromatic heterocycles. The van der Waals surface area contributed by atoms with E-state index in [1.807, 2.05) is 11.9 Å². The summed E-state index contributed by atoms with van der Waals surface area (Å²) >= 11 is 5.96. The minimum Gasteiger partial charge on any atom is -0.462 e. The monoisotopic (exact) mass is 604 g/mol. The number of piperazine rings is 1. The van der Waals surface area contributed by atoms with E-state index < -0.39 is 16.8 Å². The minimum atomic E-state index is -4.66. The number of likely N-dealkylation sites (tertiary alicyclic amines) is 1. The Morgan fingerprint density at radius 3 is 2.71 bits per heavy atom. The predicted octanol–water partition coefficient (Wildman–Crippen LogP) is 3.70. The molecule has 224 valence electrons. The number of hydrogen-bond acceptors (Lipinski definition) is 8. The van der Waals surface area contributed by atoms with Gasteiger partial charge in [0, 0.05) is 44.0 Å². The van der Waals surface area contributed by atoms with Gasteiger partial charge in [-0.2, -0.15) is 23.1 Å². The summed E-state index contributed by atoms with van der Waals surface area (Å²) < 4.78 is 48.0. The lowest BCUT2D eigenvalue weighted by molar-refractivity contribution is -0.137. The predicted molar refractivity (Wildman–Crippen MR) is 152 cm³/mol. The van der Waals surface area contributed by atoms with Gasteiger partial charge in [0.25, 0.3) is 0 Å². The molecular weight excluding hydrogens is 573 g/mol. The maximum atomic E-state index is 14.0. The van der Waals surface area contributed by atoms with Crippen LogP contribution in [0.2, 0.25) is 5.02 Å². The number of ether oxygens (including phenoxy) is 1. The third-order valence-electron chi connectivity index (χ3n) is 8.14. The van der Waals surface area contributed by atoms with Crippen molar-refractivity contribution in [1.29, 1.82) is 0 Å². The Kier molecular flexibility index (Phi) is 8.75. The average molecular weight is 605 g/mol. The second-order valence-electron chi connectivity index (χ2n) is 10.7. The van der Waals surface area contributed by atoms with Gasteiger partial charge < -0.3 is 29.2 Å². The molecule has 1 amide bonds. The molecule has 14 heteroatoms. The van der Waals surface area contributed by atoms with E-state index in [-0.39, 0.29) is 49.3 Å². The van der Waals surface area contributed by atoms with Crippen LogP contribution in [0.1, 0.15) is 29.7 Å². The van der Waals surface area contributed by atoms with E-state index in [9.17, 15) is 18.0 Å². The van der Waals surface area contributed by atoms with Crippen LogP contribution in [-0.4, -0.2) is 95.7 Å². The number of anilines is 2. The minimum absolute atomic E-state index is 0.0794. The molecule has 3 aliphatic rings. The van der Waals surface area contributed by atoms with Gasteiger partial charge >= 0.3 is 12.2 Å². The summed E-state index contributed by atoms with van der Waals surface area (Å²) in [5.74, 6) is 0.388. The van der Waals surface area contributed by atoms with Crippen LogP contribution < -0.4 is 14.5 Å². The van der Waals surface area contributed by atoms with Crippen LogP contribution in [0.3, 0.4) is 0 Å². The van der Waals surface area contributed by atoms with Crippen molar-refractivity contribution in [3.8, 4) is 6.01 Å². The molecule has 10 nitrogen and oxygen atoms in total. The highest BCUT2D eigenvalue weighted by Crippen LogP contribution is 2.42. The number of aromatic nitrogens is 3. The summed E-state index contributed by atoms with van der Waals surface area (Å²) in [6.07, 6.45) is 1.20. The normalized spacial score (nSPS) is 21.2. The highest BCUT2D eigenvalue weighted by atomic mass is 35.5. The Hall–Kier alpha value is -3.63. The summed E-state index contributed by atoms with van der Waals surface area (Å²) in [5, 5.41) is -0.461. The van der Waals surface area contributed by atoms with E-state index in [1.165, 1.54) is 12.3 Å². The van der Waals surface area contributed by atoms with Gasteiger partial charge in [0.05, 0.1) is 29.1 Å². The van der Waals surface area contributed by atoms with Crippen molar-refractivity contribution in [1.82, 2.24) is 24.8 Å². The number of halogens is 4. The molecule has 0 aliphatic carbocycles. The third-order valence-corrected chi connectivity index (χ3v) is 8.43. The summed E-state index contributed by atoms with van der Waals surface area (Å²) in [6, 6.07) is 0.00120. The van der Waals surface area contributed by atoms with Crippen molar-refractivity contribution in [2.45, 2.75) is 44.1 Å². The van der Waals surface area contributed by atoms with Crippen molar-refractivity contribution in [2.24, 2.45) is 0 Å². The van der Waals surface area contributed by atoms with Crippen LogP contribution >= 0.6 is 11.6 Å². The van der Waals surface area contributed by atoms with Crippen LogP contribution in [0.4, 0.5) is 24.7 Å². The fourth-order valence-electron chi connectivity index (χ4n) is 5.94. The number of likely N-dealkylation sites (N-methyl/N-ethyl adjacent to an activating group) is 1. The largest absolute Gasteiger partial charge is 0.462 e. The molecular formula is C28H32ClF3N8O2. The molecule has 5 rings (SSSR count). The average Bonchev–Trinajstić information content (AvgIpc) is 3.38. The lowest BCUT2D eigenvalue weighted by atomic mass is 10.0. The van der Waals surface area contributed by atoms with E-state index >= 15 is 0 Å². The van der Waals surface area contributed by atoms with Gasteiger partial charge in [0.15, 0.2) is 0 Å². The lowest BCUT2D eigenvalue weighted by Gasteiger charge is -2.41. The molecule has 0 aromatic carbocycles. The first kappa shape index (κ1) is 29.8. The van der Waals surface area contributed by atoms with Crippen molar-refractivity contribution in [3.05, 3.63) is 58.3 Å². The quantitative estimate of drug-likeness (QED) is 0.350. The highest BCUT2D eigenvalue weighted by Gasteiger charge is 2.40. The number of amides is 1. The number of carbonyl (C=O) groups is 1. The Morgan fingerprint density at radius 2 is 2.02 bits per heavy atom. The molecule has 3 aliphatic heterocycles. The number of fused-ring (bicyclic) bond motifs is 1. The number of rotatable bonds is 7. The lowest BCUT2D eigenvalue weighted by Crippen LogP contribution is -2.56. The number of nitrogens with zero attached hydrogens (tertiary/aromatic N) is 8. The number of alkyl halides is 3. The second kappa shape index (κ2) is 12.3. The fraction of sp³-hybridized carbons (Fsp3) is 0.536. The topological polar surface area (TPSA) is 82.3 Å². The van der Waals surface area contributed by atoms with Crippen molar-refractivity contribution in [2.75, 3.05) is 62.7 Å². The Bertz CT molecular complexity index is 1380. The highest BCUT2D eigenvalue weighted by molar-refractivity contribution is 6.31. The summed E-state index contributed by atoms with van der Waals surface area (Å²) in [6.45, 7) is 14.0. The molecule has 42 heavy (non-hydrogen) atoms. The molecule has 0 unspecified atom stereocenters. The second-order valence-corrected chi connectivity index (χ2v) is 11.1. The Labute approximate surface area is 247 Å². The Morgan fingerprint density at radius 1 is 1.21 bits per heavy atom. The van der Waals surface area contributed by atoms with Crippen LogP contribution in [0.5, 0.6) is 6.01 Å². The molecule has 0 bridgehead atoms. The van der Waals surface area contributed by atoms with Crippen molar-refractivity contribution < 1.29 is 22.7 Å². The van der Waals surface area contributed by atoms with Crippen LogP contribution in [0.25, 0.3) is 4.85 Å². The molecule has 2 fully saturated rings. The van der Waals surface area contributed by atoms with Crippen LogP contribution in [-0.2, 0) is 23.9 Å². The first-order chi connectivity index (χ1) is 20.1. The standard InChI is InChI=1S/C28H32ClF3N8O2/c1-4-24(41)40-11-10-39(15-19(40)12-33-2)26-20-7-9-38(23-14-34-13-21(29)25(23)28(30,31)32)16-22(20)35-27(36-26)42-17-18-6-5-8-37(18)3/h4,13-14,18-19H,1,5-12,15-17H2,3H3/t18-,19-/m0/s1.